The highest BCUT2D eigenvalue weighted by molar-refractivity contribution is 5.85. The molecule has 2 saturated heterocycles. The number of hydrogen-bond donors (Lipinski definition) is 2. The minimum absolute atomic E-state index is 0. The number of halogens is 2. The molecular weight excluding hydrogens is 297 g/mol. The van der Waals surface area contributed by atoms with E-state index in [0.717, 1.165) is 44.7 Å². The van der Waals surface area contributed by atoms with Crippen molar-refractivity contribution in [2.75, 3.05) is 13.1 Å². The molecule has 1 amide bonds. The SMILES string of the molecule is Cl.Cl.NC1CCCC1C(=O)NC1CCN2CCCC2C1. The van der Waals surface area contributed by atoms with Gasteiger partial charge in [0.25, 0.3) is 0 Å². The third-order valence-corrected chi connectivity index (χ3v) is 5.07. The Labute approximate surface area is 134 Å². The summed E-state index contributed by atoms with van der Waals surface area (Å²) in [7, 11) is 0. The lowest BCUT2D eigenvalue weighted by Gasteiger charge is -2.35. The van der Waals surface area contributed by atoms with Gasteiger partial charge in [0.1, 0.15) is 0 Å². The molecule has 0 bridgehead atoms. The van der Waals surface area contributed by atoms with E-state index in [-0.39, 0.29) is 42.7 Å². The molecule has 118 valence electrons. The highest BCUT2D eigenvalue weighted by Crippen LogP contribution is 2.28. The topological polar surface area (TPSA) is 58.4 Å². The zero-order chi connectivity index (χ0) is 12.5. The summed E-state index contributed by atoms with van der Waals surface area (Å²) in [6.07, 6.45) is 8.01. The van der Waals surface area contributed by atoms with Crippen LogP contribution in [0.5, 0.6) is 0 Å². The van der Waals surface area contributed by atoms with Crippen LogP contribution in [0, 0.1) is 5.92 Å². The first-order valence-electron chi connectivity index (χ1n) is 7.54. The summed E-state index contributed by atoms with van der Waals surface area (Å²) in [4.78, 5) is 14.8. The van der Waals surface area contributed by atoms with Gasteiger partial charge in [0.05, 0.1) is 5.92 Å². The van der Waals surface area contributed by atoms with Crippen LogP contribution in [0.15, 0.2) is 0 Å². The Morgan fingerprint density at radius 3 is 2.55 bits per heavy atom. The molecule has 0 aromatic rings. The lowest BCUT2D eigenvalue weighted by atomic mass is 9.96. The molecule has 1 saturated carbocycles. The zero-order valence-electron chi connectivity index (χ0n) is 11.9. The first-order valence-corrected chi connectivity index (χ1v) is 7.54. The predicted octanol–water partition coefficient (Wildman–Crippen LogP) is 1.70. The van der Waals surface area contributed by atoms with Gasteiger partial charge in [-0.05, 0) is 45.1 Å². The molecule has 2 heterocycles. The molecule has 3 N–H and O–H groups in total. The fraction of sp³-hybridized carbons (Fsp3) is 0.929. The van der Waals surface area contributed by atoms with Gasteiger partial charge in [0.2, 0.25) is 5.91 Å². The lowest BCUT2D eigenvalue weighted by Crippen LogP contribution is -2.50. The third-order valence-electron chi connectivity index (χ3n) is 5.07. The minimum atomic E-state index is 0. The summed E-state index contributed by atoms with van der Waals surface area (Å²) < 4.78 is 0. The van der Waals surface area contributed by atoms with Crippen LogP contribution < -0.4 is 11.1 Å². The fourth-order valence-electron chi connectivity index (χ4n) is 3.98. The van der Waals surface area contributed by atoms with Crippen LogP contribution in [-0.4, -0.2) is 42.0 Å². The van der Waals surface area contributed by atoms with Crippen LogP contribution in [0.4, 0.5) is 0 Å². The molecule has 20 heavy (non-hydrogen) atoms. The Balaban J connectivity index is 0.000001000. The number of nitrogens with zero attached hydrogens (tertiary/aromatic N) is 1. The molecule has 1 aliphatic carbocycles. The van der Waals surface area contributed by atoms with E-state index < -0.39 is 0 Å². The van der Waals surface area contributed by atoms with Crippen molar-refractivity contribution in [2.45, 2.75) is 63.1 Å². The molecule has 6 heteroatoms. The number of nitrogens with two attached hydrogens (primary N) is 1. The number of carbonyl (C=O) groups excluding carboxylic acids is 1. The number of amides is 1. The normalized spacial score (nSPS) is 36.6. The third kappa shape index (κ3) is 3.79. The Morgan fingerprint density at radius 2 is 1.85 bits per heavy atom. The fourth-order valence-corrected chi connectivity index (χ4v) is 3.98. The lowest BCUT2D eigenvalue weighted by molar-refractivity contribution is -0.126. The largest absolute Gasteiger partial charge is 0.353 e. The van der Waals surface area contributed by atoms with Gasteiger partial charge in [-0.25, -0.2) is 0 Å². The summed E-state index contributed by atoms with van der Waals surface area (Å²) in [5.74, 6) is 0.294. The van der Waals surface area contributed by atoms with Crippen molar-refractivity contribution in [3.05, 3.63) is 0 Å². The van der Waals surface area contributed by atoms with Crippen LogP contribution in [0.2, 0.25) is 0 Å². The maximum absolute atomic E-state index is 12.2. The first-order chi connectivity index (χ1) is 8.74. The van der Waals surface area contributed by atoms with Crippen molar-refractivity contribution in [1.29, 1.82) is 0 Å². The summed E-state index contributed by atoms with van der Waals surface area (Å²) in [6.45, 7) is 2.42. The first kappa shape index (κ1) is 18.0. The second kappa shape index (κ2) is 7.83. The summed E-state index contributed by atoms with van der Waals surface area (Å²) in [5, 5.41) is 3.26. The quantitative estimate of drug-likeness (QED) is 0.813. The molecule has 3 aliphatic rings. The Morgan fingerprint density at radius 1 is 1.05 bits per heavy atom. The van der Waals surface area contributed by atoms with Crippen molar-refractivity contribution in [3.8, 4) is 0 Å². The molecule has 3 rings (SSSR count). The molecule has 0 spiro atoms. The molecule has 4 atom stereocenters. The molecule has 3 fully saturated rings. The van der Waals surface area contributed by atoms with Crippen LogP contribution in [0.3, 0.4) is 0 Å². The standard InChI is InChI=1S/C14H25N3O.2ClH/c15-13-5-1-4-12(13)14(18)16-10-6-8-17-7-2-3-11(17)9-10;;/h10-13H,1-9,15H2,(H,16,18);2*1H. The number of nitrogens with one attached hydrogen (secondary N) is 1. The van der Waals surface area contributed by atoms with Gasteiger partial charge in [-0.15, -0.1) is 24.8 Å². The van der Waals surface area contributed by atoms with Crippen molar-refractivity contribution in [1.82, 2.24) is 10.2 Å². The Hall–Kier alpha value is -0.0300. The van der Waals surface area contributed by atoms with Crippen LogP contribution in [0.1, 0.15) is 44.9 Å². The zero-order valence-corrected chi connectivity index (χ0v) is 13.6. The maximum atomic E-state index is 12.2. The van der Waals surface area contributed by atoms with Crippen molar-refractivity contribution in [2.24, 2.45) is 11.7 Å². The van der Waals surface area contributed by atoms with Gasteiger partial charge >= 0.3 is 0 Å². The second-order valence-electron chi connectivity index (χ2n) is 6.26. The Kier molecular flexibility index (Phi) is 7.06. The van der Waals surface area contributed by atoms with E-state index in [4.69, 9.17) is 5.73 Å². The van der Waals surface area contributed by atoms with Gasteiger partial charge in [-0.2, -0.15) is 0 Å². The second-order valence-corrected chi connectivity index (χ2v) is 6.26. The number of carbonyl (C=O) groups is 1. The van der Waals surface area contributed by atoms with Gasteiger partial charge in [0.15, 0.2) is 0 Å². The number of piperidine rings is 1. The Bertz CT molecular complexity index is 330. The summed E-state index contributed by atoms with van der Waals surface area (Å²) >= 11 is 0. The van der Waals surface area contributed by atoms with Crippen LogP contribution in [0.25, 0.3) is 0 Å². The number of rotatable bonds is 2. The highest BCUT2D eigenvalue weighted by atomic mass is 35.5. The maximum Gasteiger partial charge on any atom is 0.224 e. The molecule has 4 nitrogen and oxygen atoms in total. The van der Waals surface area contributed by atoms with E-state index in [9.17, 15) is 4.79 Å². The molecule has 2 aliphatic heterocycles. The van der Waals surface area contributed by atoms with Gasteiger partial charge in [0, 0.05) is 24.7 Å². The van der Waals surface area contributed by atoms with Crippen molar-refractivity contribution >= 4 is 30.7 Å². The van der Waals surface area contributed by atoms with Crippen LogP contribution >= 0.6 is 24.8 Å². The summed E-state index contributed by atoms with van der Waals surface area (Å²) in [6, 6.07) is 1.21. The molecule has 0 aromatic heterocycles. The monoisotopic (exact) mass is 323 g/mol. The molecule has 0 aromatic carbocycles. The van der Waals surface area contributed by atoms with Crippen molar-refractivity contribution < 1.29 is 4.79 Å². The number of fused-ring (bicyclic) bond motifs is 1. The van der Waals surface area contributed by atoms with E-state index in [1.165, 1.54) is 19.4 Å². The summed E-state index contributed by atoms with van der Waals surface area (Å²) in [5.41, 5.74) is 6.00. The van der Waals surface area contributed by atoms with Gasteiger partial charge in [-0.1, -0.05) is 6.42 Å². The molecule has 4 unspecified atom stereocenters. The molecular formula is C14H27Cl2N3O. The average molecular weight is 324 g/mol. The predicted molar refractivity (Wildman–Crippen MR) is 85.6 cm³/mol. The number of hydrogen-bond acceptors (Lipinski definition) is 3. The van der Waals surface area contributed by atoms with Crippen molar-refractivity contribution in [3.63, 3.8) is 0 Å². The van der Waals surface area contributed by atoms with Gasteiger partial charge in [-0.3, -0.25) is 4.79 Å². The van der Waals surface area contributed by atoms with E-state index in [1.807, 2.05) is 0 Å². The minimum Gasteiger partial charge on any atom is -0.353 e. The van der Waals surface area contributed by atoms with Crippen LogP contribution in [-0.2, 0) is 4.79 Å². The van der Waals surface area contributed by atoms with E-state index >= 15 is 0 Å². The van der Waals surface area contributed by atoms with E-state index in [2.05, 4.69) is 10.2 Å². The average Bonchev–Trinajstić information content (AvgIpc) is 2.96. The van der Waals surface area contributed by atoms with Gasteiger partial charge < -0.3 is 16.0 Å². The van der Waals surface area contributed by atoms with E-state index in [0.29, 0.717) is 6.04 Å². The van der Waals surface area contributed by atoms with E-state index in [1.54, 1.807) is 0 Å². The molecule has 0 radical (unpaired) electrons. The smallest absolute Gasteiger partial charge is 0.224 e. The highest BCUT2D eigenvalue weighted by Gasteiger charge is 2.35.